The van der Waals surface area contributed by atoms with Crippen LogP contribution in [0.3, 0.4) is 0 Å². The van der Waals surface area contributed by atoms with Crippen LogP contribution in [0.15, 0.2) is 48.5 Å². The van der Waals surface area contributed by atoms with Crippen molar-refractivity contribution in [3.63, 3.8) is 0 Å². The van der Waals surface area contributed by atoms with E-state index in [1.54, 1.807) is 0 Å². The van der Waals surface area contributed by atoms with Crippen LogP contribution in [0.5, 0.6) is 0 Å². The van der Waals surface area contributed by atoms with Crippen molar-refractivity contribution in [3.8, 4) is 6.07 Å². The molecular weight excluding hydrogens is 378 g/mol. The van der Waals surface area contributed by atoms with Gasteiger partial charge in [-0.05, 0) is 67.4 Å². The van der Waals surface area contributed by atoms with Gasteiger partial charge in [0.2, 0.25) is 0 Å². The molecule has 0 saturated heterocycles. The third-order valence-electron chi connectivity index (χ3n) is 4.73. The fourth-order valence-electron chi connectivity index (χ4n) is 3.04. The van der Waals surface area contributed by atoms with Crippen molar-refractivity contribution in [1.82, 2.24) is 10.3 Å². The van der Waals surface area contributed by atoms with Crippen LogP contribution in [0.25, 0.3) is 10.9 Å². The molecule has 0 aliphatic heterocycles. The molecule has 0 spiro atoms. The van der Waals surface area contributed by atoms with E-state index in [1.807, 2.05) is 43.3 Å². The van der Waals surface area contributed by atoms with Crippen molar-refractivity contribution in [2.45, 2.75) is 26.7 Å². The third kappa shape index (κ3) is 5.43. The van der Waals surface area contributed by atoms with E-state index in [-0.39, 0.29) is 0 Å². The molecule has 0 saturated carbocycles. The maximum atomic E-state index is 9.47. The molecule has 3 aromatic rings. The van der Waals surface area contributed by atoms with Crippen molar-refractivity contribution < 1.29 is 0 Å². The van der Waals surface area contributed by atoms with E-state index in [0.717, 1.165) is 41.5 Å². The summed E-state index contributed by atoms with van der Waals surface area (Å²) in [6, 6.07) is 18.4. The highest BCUT2D eigenvalue weighted by molar-refractivity contribution is 7.80. The zero-order valence-electron chi connectivity index (χ0n) is 16.7. The number of nitrogens with zero attached hydrogens (tertiary/aromatic N) is 2. The Hall–Kier alpha value is -3.17. The van der Waals surface area contributed by atoms with Gasteiger partial charge in [0.25, 0.3) is 0 Å². The topological polar surface area (TPSA) is 72.8 Å². The second-order valence-electron chi connectivity index (χ2n) is 6.85. The lowest BCUT2D eigenvalue weighted by Gasteiger charge is -2.13. The van der Waals surface area contributed by atoms with Gasteiger partial charge in [-0.1, -0.05) is 31.2 Å². The van der Waals surface area contributed by atoms with Gasteiger partial charge in [-0.25, -0.2) is 4.98 Å². The first-order valence-corrected chi connectivity index (χ1v) is 10.2. The van der Waals surface area contributed by atoms with Gasteiger partial charge in [0.15, 0.2) is 5.11 Å². The van der Waals surface area contributed by atoms with E-state index in [9.17, 15) is 5.26 Å². The van der Waals surface area contributed by atoms with Crippen LogP contribution in [0.4, 0.5) is 11.5 Å². The highest BCUT2D eigenvalue weighted by Gasteiger charge is 2.07. The summed E-state index contributed by atoms with van der Waals surface area (Å²) in [4.78, 5) is 4.63. The van der Waals surface area contributed by atoms with Crippen LogP contribution < -0.4 is 16.0 Å². The van der Waals surface area contributed by atoms with Gasteiger partial charge in [-0.2, -0.15) is 5.26 Å². The third-order valence-corrected chi connectivity index (χ3v) is 4.98. The van der Waals surface area contributed by atoms with Crippen LogP contribution in [-0.2, 0) is 6.42 Å². The number of nitriles is 1. The van der Waals surface area contributed by atoms with Crippen molar-refractivity contribution in [2.75, 3.05) is 23.7 Å². The number of fused-ring (bicyclic) bond motifs is 1. The summed E-state index contributed by atoms with van der Waals surface area (Å²) in [6.45, 7) is 5.58. The molecule has 0 amide bonds. The molecule has 0 aliphatic carbocycles. The second kappa shape index (κ2) is 9.85. The van der Waals surface area contributed by atoms with Crippen molar-refractivity contribution >= 4 is 39.7 Å². The average molecular weight is 404 g/mol. The summed E-state index contributed by atoms with van der Waals surface area (Å²) in [5.74, 6) is 0.630. The SMILES string of the molecule is CCc1ccc2nc(NCCCNC(=S)Nc3ccccc3C)c(C#N)cc2c1. The number of rotatable bonds is 7. The van der Waals surface area contributed by atoms with Crippen LogP contribution in [0.1, 0.15) is 30.0 Å². The van der Waals surface area contributed by atoms with Gasteiger partial charge in [0.1, 0.15) is 11.9 Å². The summed E-state index contributed by atoms with van der Waals surface area (Å²) in [5.41, 5.74) is 4.86. The Bertz CT molecular complexity index is 1050. The molecule has 1 aromatic heterocycles. The van der Waals surface area contributed by atoms with Gasteiger partial charge in [0, 0.05) is 24.2 Å². The molecule has 29 heavy (non-hydrogen) atoms. The Morgan fingerprint density at radius 2 is 1.97 bits per heavy atom. The van der Waals surface area contributed by atoms with E-state index < -0.39 is 0 Å². The first-order chi connectivity index (χ1) is 14.1. The lowest BCUT2D eigenvalue weighted by Crippen LogP contribution is -2.30. The van der Waals surface area contributed by atoms with Gasteiger partial charge in [-0.15, -0.1) is 0 Å². The fraction of sp³-hybridized carbons (Fsp3) is 0.261. The lowest BCUT2D eigenvalue weighted by atomic mass is 10.1. The summed E-state index contributed by atoms with van der Waals surface area (Å²) in [5, 5.41) is 20.8. The minimum Gasteiger partial charge on any atom is -0.369 e. The summed E-state index contributed by atoms with van der Waals surface area (Å²) >= 11 is 5.35. The monoisotopic (exact) mass is 403 g/mol. The smallest absolute Gasteiger partial charge is 0.170 e. The van der Waals surface area contributed by atoms with Crippen molar-refractivity contribution in [2.24, 2.45) is 0 Å². The molecular formula is C23H25N5S. The number of hydrogen-bond donors (Lipinski definition) is 3. The number of para-hydroxylation sites is 1. The molecule has 0 atom stereocenters. The molecule has 3 rings (SSSR count). The number of aromatic nitrogens is 1. The van der Waals surface area contributed by atoms with E-state index in [1.165, 1.54) is 5.56 Å². The normalized spacial score (nSPS) is 10.4. The second-order valence-corrected chi connectivity index (χ2v) is 7.26. The molecule has 148 valence electrons. The molecule has 6 heteroatoms. The van der Waals surface area contributed by atoms with E-state index >= 15 is 0 Å². The summed E-state index contributed by atoms with van der Waals surface area (Å²) in [7, 11) is 0. The highest BCUT2D eigenvalue weighted by Crippen LogP contribution is 2.21. The highest BCUT2D eigenvalue weighted by atomic mass is 32.1. The minimum absolute atomic E-state index is 0.565. The van der Waals surface area contributed by atoms with Crippen LogP contribution in [0.2, 0.25) is 0 Å². The Labute approximate surface area is 177 Å². The van der Waals surface area contributed by atoms with E-state index in [0.29, 0.717) is 23.0 Å². The largest absolute Gasteiger partial charge is 0.369 e. The maximum absolute atomic E-state index is 9.47. The molecule has 2 aromatic carbocycles. The average Bonchev–Trinajstić information content (AvgIpc) is 2.74. The van der Waals surface area contributed by atoms with Gasteiger partial charge in [-0.3, -0.25) is 0 Å². The quantitative estimate of drug-likeness (QED) is 0.390. The van der Waals surface area contributed by atoms with Crippen LogP contribution >= 0.6 is 12.2 Å². The molecule has 0 unspecified atom stereocenters. The number of thiocarbonyl (C=S) groups is 1. The summed E-state index contributed by atoms with van der Waals surface area (Å²) < 4.78 is 0. The number of benzene rings is 2. The van der Waals surface area contributed by atoms with Crippen LogP contribution in [0, 0.1) is 18.3 Å². The Morgan fingerprint density at radius 3 is 2.72 bits per heavy atom. The number of aryl methyl sites for hydroxylation is 2. The number of pyridine rings is 1. The van der Waals surface area contributed by atoms with Gasteiger partial charge >= 0.3 is 0 Å². The number of anilines is 2. The first-order valence-electron chi connectivity index (χ1n) is 9.79. The molecule has 0 aliphatic rings. The molecule has 3 N–H and O–H groups in total. The van der Waals surface area contributed by atoms with E-state index in [2.05, 4.69) is 46.1 Å². The van der Waals surface area contributed by atoms with E-state index in [4.69, 9.17) is 12.2 Å². The van der Waals surface area contributed by atoms with Gasteiger partial charge in [0.05, 0.1) is 11.1 Å². The Balaban J connectivity index is 1.51. The lowest BCUT2D eigenvalue weighted by molar-refractivity contribution is 0.807. The first kappa shape index (κ1) is 20.6. The molecule has 1 heterocycles. The molecule has 0 fully saturated rings. The standard InChI is InChI=1S/C23H25N5S/c1-3-17-9-10-21-18(13-17)14-19(15-24)22(27-21)25-11-6-12-26-23(29)28-20-8-5-4-7-16(20)2/h4-5,7-10,13-14H,3,6,11-12H2,1-2H3,(H,25,27)(H2,26,28,29). The Kier molecular flexibility index (Phi) is 6.99. The predicted molar refractivity (Wildman–Crippen MR) is 124 cm³/mol. The number of hydrogen-bond acceptors (Lipinski definition) is 4. The zero-order valence-corrected chi connectivity index (χ0v) is 17.6. The zero-order chi connectivity index (χ0) is 20.6. The molecule has 0 radical (unpaired) electrons. The molecule has 0 bridgehead atoms. The van der Waals surface area contributed by atoms with Crippen LogP contribution in [-0.4, -0.2) is 23.2 Å². The fourth-order valence-corrected chi connectivity index (χ4v) is 3.25. The molecule has 5 nitrogen and oxygen atoms in total. The maximum Gasteiger partial charge on any atom is 0.170 e. The van der Waals surface area contributed by atoms with Gasteiger partial charge < -0.3 is 16.0 Å². The van der Waals surface area contributed by atoms with Crippen molar-refractivity contribution in [1.29, 1.82) is 5.26 Å². The van der Waals surface area contributed by atoms with Crippen molar-refractivity contribution in [3.05, 3.63) is 65.2 Å². The minimum atomic E-state index is 0.565. The predicted octanol–water partition coefficient (Wildman–Crippen LogP) is 4.77. The Morgan fingerprint density at radius 1 is 1.14 bits per heavy atom. The number of nitrogens with one attached hydrogen (secondary N) is 3. The summed E-state index contributed by atoms with van der Waals surface area (Å²) in [6.07, 6.45) is 1.81.